The van der Waals surface area contributed by atoms with Gasteiger partial charge in [-0.1, -0.05) is 12.1 Å². The third-order valence-electron chi connectivity index (χ3n) is 1.57. The van der Waals surface area contributed by atoms with Crippen molar-refractivity contribution in [1.82, 2.24) is 10.1 Å². The van der Waals surface area contributed by atoms with E-state index in [1.165, 1.54) is 0 Å². The van der Waals surface area contributed by atoms with Gasteiger partial charge in [-0.2, -0.15) is 4.98 Å². The lowest BCUT2D eigenvalue weighted by Gasteiger charge is -2.10. The molecule has 0 aliphatic carbocycles. The first-order valence-electron chi connectivity index (χ1n) is 3.94. The first kappa shape index (κ1) is 8.99. The summed E-state index contributed by atoms with van der Waals surface area (Å²) in [7, 11) is 0. The van der Waals surface area contributed by atoms with Crippen LogP contribution in [0.5, 0.6) is 0 Å². The van der Waals surface area contributed by atoms with Crippen LogP contribution in [0.4, 0.5) is 6.01 Å². The first-order chi connectivity index (χ1) is 5.76. The Balaban J connectivity index is 2.50. The second-order valence-corrected chi connectivity index (χ2v) is 2.58. The summed E-state index contributed by atoms with van der Waals surface area (Å²) in [5, 5.41) is 15.4. The largest absolute Gasteiger partial charge is 0.394 e. The Kier molecular flexibility index (Phi) is 3.04. The van der Waals surface area contributed by atoms with Crippen LogP contribution in [0.2, 0.25) is 0 Å². The summed E-state index contributed by atoms with van der Waals surface area (Å²) in [6.07, 6.45) is 0.817. The molecule has 1 aromatic heterocycles. The Labute approximate surface area is 70.8 Å². The molecule has 0 radical (unpaired) electrons. The summed E-state index contributed by atoms with van der Waals surface area (Å²) in [6.45, 7) is 3.78. The molecule has 0 spiro atoms. The van der Waals surface area contributed by atoms with E-state index < -0.39 is 0 Å². The van der Waals surface area contributed by atoms with Gasteiger partial charge in [0.2, 0.25) is 0 Å². The number of anilines is 1. The minimum atomic E-state index is -0.00940. The SMILES string of the molecule is CCC(CO)Nc1nc(C)no1. The van der Waals surface area contributed by atoms with Crippen molar-refractivity contribution in [2.45, 2.75) is 26.3 Å². The lowest BCUT2D eigenvalue weighted by molar-refractivity contribution is 0.268. The van der Waals surface area contributed by atoms with E-state index in [-0.39, 0.29) is 12.6 Å². The smallest absolute Gasteiger partial charge is 0.321 e. The molecule has 1 atom stereocenters. The van der Waals surface area contributed by atoms with Crippen LogP contribution in [-0.2, 0) is 0 Å². The van der Waals surface area contributed by atoms with Crippen LogP contribution < -0.4 is 5.32 Å². The quantitative estimate of drug-likeness (QED) is 0.692. The van der Waals surface area contributed by atoms with Crippen molar-refractivity contribution >= 4 is 6.01 Å². The molecule has 2 N–H and O–H groups in total. The summed E-state index contributed by atoms with van der Waals surface area (Å²) in [4.78, 5) is 3.95. The maximum absolute atomic E-state index is 8.84. The second-order valence-electron chi connectivity index (χ2n) is 2.58. The molecular weight excluding hydrogens is 158 g/mol. The summed E-state index contributed by atoms with van der Waals surface area (Å²) >= 11 is 0. The molecule has 0 amide bonds. The fourth-order valence-electron chi connectivity index (χ4n) is 0.807. The highest BCUT2D eigenvalue weighted by molar-refractivity contribution is 5.19. The second kappa shape index (κ2) is 4.06. The standard InChI is InChI=1S/C7H13N3O2/c1-3-6(4-11)9-7-8-5(2)10-12-7/h6,11H,3-4H2,1-2H3,(H,8,9,10). The van der Waals surface area contributed by atoms with Crippen LogP contribution in [-0.4, -0.2) is 27.9 Å². The Morgan fingerprint density at radius 3 is 2.83 bits per heavy atom. The lowest BCUT2D eigenvalue weighted by Crippen LogP contribution is -2.22. The molecule has 12 heavy (non-hydrogen) atoms. The highest BCUT2D eigenvalue weighted by Gasteiger charge is 2.08. The summed E-state index contributed by atoms with van der Waals surface area (Å²) in [5.41, 5.74) is 0. The van der Waals surface area contributed by atoms with Crippen molar-refractivity contribution in [3.8, 4) is 0 Å². The van der Waals surface area contributed by atoms with E-state index in [1.54, 1.807) is 6.92 Å². The van der Waals surface area contributed by atoms with Gasteiger partial charge >= 0.3 is 6.01 Å². The molecule has 1 aromatic rings. The molecule has 1 rings (SSSR count). The molecule has 68 valence electrons. The zero-order chi connectivity index (χ0) is 8.97. The van der Waals surface area contributed by atoms with Gasteiger partial charge in [0, 0.05) is 0 Å². The highest BCUT2D eigenvalue weighted by atomic mass is 16.5. The molecular formula is C7H13N3O2. The zero-order valence-corrected chi connectivity index (χ0v) is 7.24. The summed E-state index contributed by atoms with van der Waals surface area (Å²) in [6, 6.07) is 0.359. The van der Waals surface area contributed by atoms with Crippen LogP contribution in [0.15, 0.2) is 4.52 Å². The Hall–Kier alpha value is -1.10. The number of aliphatic hydroxyl groups excluding tert-OH is 1. The van der Waals surface area contributed by atoms with Crippen molar-refractivity contribution in [3.63, 3.8) is 0 Å². The molecule has 0 fully saturated rings. The molecule has 0 aliphatic rings. The van der Waals surface area contributed by atoms with Crippen molar-refractivity contribution < 1.29 is 9.63 Å². The van der Waals surface area contributed by atoms with E-state index in [1.807, 2.05) is 6.92 Å². The molecule has 5 nitrogen and oxygen atoms in total. The van der Waals surface area contributed by atoms with Crippen LogP contribution in [0, 0.1) is 6.92 Å². The van der Waals surface area contributed by atoms with Crippen LogP contribution in [0.3, 0.4) is 0 Å². The Morgan fingerprint density at radius 2 is 2.42 bits per heavy atom. The maximum Gasteiger partial charge on any atom is 0.321 e. The van der Waals surface area contributed by atoms with Crippen molar-refractivity contribution in [2.75, 3.05) is 11.9 Å². The van der Waals surface area contributed by atoms with Gasteiger partial charge in [0.15, 0.2) is 5.82 Å². The fraction of sp³-hybridized carbons (Fsp3) is 0.714. The van der Waals surface area contributed by atoms with Gasteiger partial charge in [-0.25, -0.2) is 0 Å². The Bertz CT molecular complexity index is 232. The normalized spacial score (nSPS) is 12.9. The summed E-state index contributed by atoms with van der Waals surface area (Å²) < 4.78 is 4.82. The van der Waals surface area contributed by atoms with Gasteiger partial charge in [0.05, 0.1) is 12.6 Å². The first-order valence-corrected chi connectivity index (χ1v) is 3.94. The van der Waals surface area contributed by atoms with E-state index in [0.29, 0.717) is 11.8 Å². The predicted molar refractivity (Wildman–Crippen MR) is 43.8 cm³/mol. The zero-order valence-electron chi connectivity index (χ0n) is 7.24. The highest BCUT2D eigenvalue weighted by Crippen LogP contribution is 2.05. The monoisotopic (exact) mass is 171 g/mol. The van der Waals surface area contributed by atoms with Gasteiger partial charge in [0.1, 0.15) is 0 Å². The number of aliphatic hydroxyl groups is 1. The maximum atomic E-state index is 8.84. The number of aryl methyl sites for hydroxylation is 1. The number of aromatic nitrogens is 2. The number of rotatable bonds is 4. The number of nitrogens with zero attached hydrogens (tertiary/aromatic N) is 2. The van der Waals surface area contributed by atoms with Gasteiger partial charge < -0.3 is 14.9 Å². The number of hydrogen-bond donors (Lipinski definition) is 2. The molecule has 0 aromatic carbocycles. The van der Waals surface area contributed by atoms with Gasteiger partial charge in [-0.15, -0.1) is 0 Å². The molecule has 0 aliphatic heterocycles. The third-order valence-corrected chi connectivity index (χ3v) is 1.57. The van der Waals surface area contributed by atoms with Gasteiger partial charge in [-0.3, -0.25) is 0 Å². The van der Waals surface area contributed by atoms with Crippen LogP contribution in [0.25, 0.3) is 0 Å². The average molecular weight is 171 g/mol. The Morgan fingerprint density at radius 1 is 1.67 bits per heavy atom. The number of hydrogen-bond acceptors (Lipinski definition) is 5. The summed E-state index contributed by atoms with van der Waals surface area (Å²) in [5.74, 6) is 0.588. The van der Waals surface area contributed by atoms with Gasteiger partial charge in [0.25, 0.3) is 0 Å². The molecule has 5 heteroatoms. The van der Waals surface area contributed by atoms with E-state index in [2.05, 4.69) is 15.5 Å². The van der Waals surface area contributed by atoms with E-state index >= 15 is 0 Å². The van der Waals surface area contributed by atoms with Crippen LogP contribution in [0.1, 0.15) is 19.2 Å². The van der Waals surface area contributed by atoms with E-state index in [0.717, 1.165) is 6.42 Å². The molecule has 0 saturated heterocycles. The van der Waals surface area contributed by atoms with Crippen molar-refractivity contribution in [2.24, 2.45) is 0 Å². The predicted octanol–water partition coefficient (Wildman–Crippen LogP) is 0.561. The molecule has 1 unspecified atom stereocenters. The lowest BCUT2D eigenvalue weighted by atomic mass is 10.2. The van der Waals surface area contributed by atoms with E-state index in [4.69, 9.17) is 9.63 Å². The van der Waals surface area contributed by atoms with Crippen molar-refractivity contribution in [3.05, 3.63) is 5.82 Å². The molecule has 0 bridgehead atoms. The topological polar surface area (TPSA) is 71.2 Å². The third kappa shape index (κ3) is 2.20. The average Bonchev–Trinajstić information content (AvgIpc) is 2.47. The van der Waals surface area contributed by atoms with E-state index in [9.17, 15) is 0 Å². The number of nitrogens with one attached hydrogen (secondary N) is 1. The van der Waals surface area contributed by atoms with Crippen LogP contribution >= 0.6 is 0 Å². The molecule has 0 saturated carbocycles. The minimum absolute atomic E-state index is 0.00940. The minimum Gasteiger partial charge on any atom is -0.394 e. The van der Waals surface area contributed by atoms with Crippen molar-refractivity contribution in [1.29, 1.82) is 0 Å². The molecule has 1 heterocycles. The van der Waals surface area contributed by atoms with Gasteiger partial charge in [-0.05, 0) is 13.3 Å². The fourth-order valence-corrected chi connectivity index (χ4v) is 0.807.